The van der Waals surface area contributed by atoms with E-state index in [4.69, 9.17) is 4.74 Å². The number of hydrogen-bond acceptors (Lipinski definition) is 2. The Morgan fingerprint density at radius 1 is 1.20 bits per heavy atom. The van der Waals surface area contributed by atoms with E-state index >= 15 is 0 Å². The van der Waals surface area contributed by atoms with Crippen LogP contribution in [0.15, 0.2) is 24.3 Å². The zero-order chi connectivity index (χ0) is 14.2. The Morgan fingerprint density at radius 3 is 2.55 bits per heavy atom. The van der Waals surface area contributed by atoms with E-state index in [9.17, 15) is 0 Å². The van der Waals surface area contributed by atoms with Gasteiger partial charge < -0.3 is 10.1 Å². The van der Waals surface area contributed by atoms with Gasteiger partial charge in [0.05, 0.1) is 6.61 Å². The number of hydrogen-bond donors (Lipinski definition) is 1. The molecule has 1 aliphatic carbocycles. The second kappa shape index (κ2) is 8.31. The second-order valence-electron chi connectivity index (χ2n) is 5.97. The molecule has 1 aliphatic rings. The summed E-state index contributed by atoms with van der Waals surface area (Å²) in [5.74, 6) is 1.97. The molecule has 1 N–H and O–H groups in total. The standard InChI is InChI=1S/C18H29NO/c1-3-20-18-12-10-17(11-13-18)15(2)19-14-6-9-16-7-4-5-8-16/h10-13,15-16,19H,3-9,14H2,1-2H3. The average molecular weight is 275 g/mol. The van der Waals surface area contributed by atoms with E-state index in [2.05, 4.69) is 36.5 Å². The molecule has 0 spiro atoms. The number of ether oxygens (including phenoxy) is 1. The molecular weight excluding hydrogens is 246 g/mol. The van der Waals surface area contributed by atoms with Crippen molar-refractivity contribution in [3.63, 3.8) is 0 Å². The Morgan fingerprint density at radius 2 is 1.90 bits per heavy atom. The van der Waals surface area contributed by atoms with Crippen molar-refractivity contribution in [1.29, 1.82) is 0 Å². The molecule has 1 saturated carbocycles. The monoisotopic (exact) mass is 275 g/mol. The highest BCUT2D eigenvalue weighted by Crippen LogP contribution is 2.28. The number of nitrogens with one attached hydrogen (secondary N) is 1. The third kappa shape index (κ3) is 4.82. The second-order valence-corrected chi connectivity index (χ2v) is 5.97. The molecule has 2 nitrogen and oxygen atoms in total. The zero-order valence-electron chi connectivity index (χ0n) is 13.0. The smallest absolute Gasteiger partial charge is 0.119 e. The van der Waals surface area contributed by atoms with E-state index in [1.54, 1.807) is 0 Å². The maximum absolute atomic E-state index is 5.48. The molecule has 1 aromatic rings. The van der Waals surface area contributed by atoms with Gasteiger partial charge in [0.1, 0.15) is 5.75 Å². The molecule has 0 aromatic heterocycles. The molecule has 0 amide bonds. The molecule has 0 aliphatic heterocycles. The summed E-state index contributed by atoms with van der Waals surface area (Å²) in [4.78, 5) is 0. The first-order valence-electron chi connectivity index (χ1n) is 8.25. The normalized spacial score (nSPS) is 17.3. The summed E-state index contributed by atoms with van der Waals surface area (Å²) in [6.07, 6.45) is 8.57. The van der Waals surface area contributed by atoms with Gasteiger partial charge in [0.2, 0.25) is 0 Å². The van der Waals surface area contributed by atoms with Crippen LogP contribution in [-0.4, -0.2) is 13.2 Å². The van der Waals surface area contributed by atoms with Crippen molar-refractivity contribution in [3.8, 4) is 5.75 Å². The lowest BCUT2D eigenvalue weighted by molar-refractivity contribution is 0.340. The van der Waals surface area contributed by atoms with Gasteiger partial charge >= 0.3 is 0 Å². The van der Waals surface area contributed by atoms with Gasteiger partial charge in [-0.15, -0.1) is 0 Å². The van der Waals surface area contributed by atoms with Crippen LogP contribution in [0.25, 0.3) is 0 Å². The first-order chi connectivity index (χ1) is 9.79. The Bertz CT molecular complexity index is 368. The molecule has 112 valence electrons. The van der Waals surface area contributed by atoms with Gasteiger partial charge in [0.25, 0.3) is 0 Å². The molecule has 20 heavy (non-hydrogen) atoms. The summed E-state index contributed by atoms with van der Waals surface area (Å²) in [6.45, 7) is 6.12. The lowest BCUT2D eigenvalue weighted by Crippen LogP contribution is -2.20. The fraction of sp³-hybridized carbons (Fsp3) is 0.667. The van der Waals surface area contributed by atoms with Gasteiger partial charge in [-0.05, 0) is 56.8 Å². The van der Waals surface area contributed by atoms with Gasteiger partial charge in [-0.3, -0.25) is 0 Å². The predicted octanol–water partition coefficient (Wildman–Crippen LogP) is 4.71. The van der Waals surface area contributed by atoms with Crippen LogP contribution in [0.5, 0.6) is 5.75 Å². The van der Waals surface area contributed by atoms with E-state index in [0.717, 1.165) is 24.8 Å². The topological polar surface area (TPSA) is 21.3 Å². The average Bonchev–Trinajstić information content (AvgIpc) is 2.98. The third-order valence-electron chi connectivity index (χ3n) is 4.41. The lowest BCUT2D eigenvalue weighted by Gasteiger charge is -2.16. The quantitative estimate of drug-likeness (QED) is 0.694. The van der Waals surface area contributed by atoms with E-state index in [1.807, 2.05) is 6.92 Å². The Hall–Kier alpha value is -1.02. The summed E-state index contributed by atoms with van der Waals surface area (Å²) in [5, 5.41) is 3.63. The molecule has 1 aromatic carbocycles. The van der Waals surface area contributed by atoms with E-state index < -0.39 is 0 Å². The van der Waals surface area contributed by atoms with Crippen LogP contribution in [0, 0.1) is 5.92 Å². The third-order valence-corrected chi connectivity index (χ3v) is 4.41. The van der Waals surface area contributed by atoms with Crippen LogP contribution in [0.2, 0.25) is 0 Å². The van der Waals surface area contributed by atoms with E-state index in [-0.39, 0.29) is 0 Å². The van der Waals surface area contributed by atoms with Gasteiger partial charge in [-0.25, -0.2) is 0 Å². The highest BCUT2D eigenvalue weighted by molar-refractivity contribution is 5.28. The fourth-order valence-corrected chi connectivity index (χ4v) is 3.15. The number of rotatable bonds is 8. The van der Waals surface area contributed by atoms with Crippen molar-refractivity contribution in [2.45, 2.75) is 58.4 Å². The van der Waals surface area contributed by atoms with Crippen molar-refractivity contribution in [2.75, 3.05) is 13.2 Å². The molecule has 1 fully saturated rings. The van der Waals surface area contributed by atoms with Crippen LogP contribution < -0.4 is 10.1 Å². The summed E-state index contributed by atoms with van der Waals surface area (Å²) in [5.41, 5.74) is 1.34. The van der Waals surface area contributed by atoms with Crippen LogP contribution in [0.4, 0.5) is 0 Å². The molecule has 0 heterocycles. The summed E-state index contributed by atoms with van der Waals surface area (Å²) in [7, 11) is 0. The van der Waals surface area contributed by atoms with Crippen molar-refractivity contribution >= 4 is 0 Å². The van der Waals surface area contributed by atoms with Gasteiger partial charge in [-0.2, -0.15) is 0 Å². The molecule has 2 rings (SSSR count). The zero-order valence-corrected chi connectivity index (χ0v) is 13.0. The maximum atomic E-state index is 5.48. The largest absolute Gasteiger partial charge is 0.494 e. The minimum atomic E-state index is 0.425. The van der Waals surface area contributed by atoms with Gasteiger partial charge in [0, 0.05) is 6.04 Å². The highest BCUT2D eigenvalue weighted by atomic mass is 16.5. The SMILES string of the molecule is CCOc1ccc(C(C)NCCCC2CCCC2)cc1. The highest BCUT2D eigenvalue weighted by Gasteiger charge is 2.14. The molecule has 1 atom stereocenters. The van der Waals surface area contributed by atoms with Crippen LogP contribution in [0.1, 0.15) is 64.0 Å². The molecule has 1 unspecified atom stereocenters. The Kier molecular flexibility index (Phi) is 6.38. The molecule has 2 heteroatoms. The van der Waals surface area contributed by atoms with Crippen LogP contribution >= 0.6 is 0 Å². The summed E-state index contributed by atoms with van der Waals surface area (Å²) < 4.78 is 5.48. The number of benzene rings is 1. The maximum Gasteiger partial charge on any atom is 0.119 e. The summed E-state index contributed by atoms with van der Waals surface area (Å²) in [6, 6.07) is 8.89. The summed E-state index contributed by atoms with van der Waals surface area (Å²) >= 11 is 0. The molecule has 0 bridgehead atoms. The van der Waals surface area contributed by atoms with E-state index in [1.165, 1.54) is 44.1 Å². The van der Waals surface area contributed by atoms with E-state index in [0.29, 0.717) is 6.04 Å². The van der Waals surface area contributed by atoms with Crippen molar-refractivity contribution in [3.05, 3.63) is 29.8 Å². The predicted molar refractivity (Wildman–Crippen MR) is 85.2 cm³/mol. The van der Waals surface area contributed by atoms with Crippen molar-refractivity contribution in [2.24, 2.45) is 5.92 Å². The van der Waals surface area contributed by atoms with Crippen LogP contribution in [0.3, 0.4) is 0 Å². The minimum absolute atomic E-state index is 0.425. The van der Waals surface area contributed by atoms with Crippen LogP contribution in [-0.2, 0) is 0 Å². The van der Waals surface area contributed by atoms with Crippen molar-refractivity contribution < 1.29 is 4.74 Å². The Labute approximate surface area is 123 Å². The molecular formula is C18H29NO. The van der Waals surface area contributed by atoms with Crippen molar-refractivity contribution in [1.82, 2.24) is 5.32 Å². The molecule has 0 radical (unpaired) electrons. The Balaban J connectivity index is 1.66. The fourth-order valence-electron chi connectivity index (χ4n) is 3.15. The minimum Gasteiger partial charge on any atom is -0.494 e. The lowest BCUT2D eigenvalue weighted by atomic mass is 10.0. The first kappa shape index (κ1) is 15.4. The first-order valence-corrected chi connectivity index (χ1v) is 8.25. The molecule has 0 saturated heterocycles. The van der Waals surface area contributed by atoms with Gasteiger partial charge in [0.15, 0.2) is 0 Å². The van der Waals surface area contributed by atoms with Gasteiger partial charge in [-0.1, -0.05) is 37.8 Å².